The molecule has 0 saturated carbocycles. The predicted octanol–water partition coefficient (Wildman–Crippen LogP) is 3.00. The van der Waals surface area contributed by atoms with E-state index in [1.165, 1.54) is 6.92 Å². The molecule has 0 aliphatic carbocycles. The quantitative estimate of drug-likeness (QED) is 0.709. The van der Waals surface area contributed by atoms with Crippen molar-refractivity contribution in [3.63, 3.8) is 0 Å². The zero-order chi connectivity index (χ0) is 19.5. The highest BCUT2D eigenvalue weighted by Crippen LogP contribution is 2.33. The van der Waals surface area contributed by atoms with Crippen molar-refractivity contribution in [1.82, 2.24) is 15.0 Å². The minimum Gasteiger partial charge on any atom is -0.392 e. The Hall–Kier alpha value is -3.03. The minimum absolute atomic E-state index is 0.0962. The van der Waals surface area contributed by atoms with Crippen LogP contribution in [-0.2, 0) is 11.3 Å². The number of nitrogens with one attached hydrogen (secondary N) is 1. The Balaban J connectivity index is 1.50. The van der Waals surface area contributed by atoms with Crippen LogP contribution in [0.3, 0.4) is 0 Å². The Bertz CT molecular complexity index is 940. The van der Waals surface area contributed by atoms with E-state index in [1.807, 2.05) is 54.6 Å². The normalized spacial score (nSPS) is 19.6. The third-order valence-corrected chi connectivity index (χ3v) is 4.80. The number of hydrogen-bond donors (Lipinski definition) is 2. The number of β-amino-alcohol motifs (C(OH)–C–C–N with tert-alkyl or cyclic N) is 1. The number of anilines is 1. The highest BCUT2D eigenvalue weighted by molar-refractivity contribution is 5.88. The Labute approximate surface area is 163 Å². The van der Waals surface area contributed by atoms with Gasteiger partial charge in [0, 0.05) is 31.3 Å². The van der Waals surface area contributed by atoms with E-state index in [0.29, 0.717) is 31.2 Å². The second kappa shape index (κ2) is 7.92. The van der Waals surface area contributed by atoms with E-state index in [0.717, 1.165) is 16.8 Å². The van der Waals surface area contributed by atoms with Crippen molar-refractivity contribution in [2.75, 3.05) is 11.9 Å². The van der Waals surface area contributed by atoms with Crippen molar-refractivity contribution < 1.29 is 14.4 Å². The first-order chi connectivity index (χ1) is 13.6. The fourth-order valence-electron chi connectivity index (χ4n) is 3.52. The molecule has 2 aromatic carbocycles. The number of rotatable bonds is 5. The third kappa shape index (κ3) is 4.11. The van der Waals surface area contributed by atoms with Crippen molar-refractivity contribution in [2.45, 2.75) is 32.0 Å². The molecule has 2 N–H and O–H groups in total. The van der Waals surface area contributed by atoms with E-state index < -0.39 is 6.10 Å². The van der Waals surface area contributed by atoms with Crippen LogP contribution in [0.4, 0.5) is 5.69 Å². The van der Waals surface area contributed by atoms with Crippen LogP contribution in [0, 0.1) is 0 Å². The molecule has 1 saturated heterocycles. The Morgan fingerprint density at radius 3 is 2.68 bits per heavy atom. The van der Waals surface area contributed by atoms with Crippen LogP contribution in [0.2, 0.25) is 0 Å². The Morgan fingerprint density at radius 1 is 1.21 bits per heavy atom. The number of aromatic nitrogens is 2. The minimum atomic E-state index is -0.435. The van der Waals surface area contributed by atoms with Gasteiger partial charge < -0.3 is 14.9 Å². The fraction of sp³-hybridized carbons (Fsp3) is 0.286. The number of amides is 1. The second-order valence-corrected chi connectivity index (χ2v) is 7.04. The lowest BCUT2D eigenvalue weighted by Gasteiger charge is -2.21. The van der Waals surface area contributed by atoms with Crippen molar-refractivity contribution in [3.05, 3.63) is 66.1 Å². The number of aliphatic hydroxyl groups excluding tert-OH is 1. The van der Waals surface area contributed by atoms with Crippen molar-refractivity contribution >= 4 is 11.6 Å². The van der Waals surface area contributed by atoms with E-state index in [9.17, 15) is 9.90 Å². The van der Waals surface area contributed by atoms with Gasteiger partial charge in [0.15, 0.2) is 0 Å². The molecular weight excluding hydrogens is 356 g/mol. The SMILES string of the molecule is CC(=O)Nc1ccc(CN2C[C@H](O)C[C@H]2c2nc(-c3ccccc3)no2)cc1. The van der Waals surface area contributed by atoms with Crippen molar-refractivity contribution in [3.8, 4) is 11.4 Å². The summed E-state index contributed by atoms with van der Waals surface area (Å²) in [7, 11) is 0. The molecule has 144 valence electrons. The standard InChI is InChI=1S/C21H22N4O3/c1-14(26)22-17-9-7-15(8-10-17)12-25-13-18(27)11-19(25)21-23-20(24-28-21)16-5-3-2-4-6-16/h2-10,18-19,27H,11-13H2,1H3,(H,22,26)/t18-,19+/m1/s1. The molecule has 28 heavy (non-hydrogen) atoms. The average molecular weight is 378 g/mol. The van der Waals surface area contributed by atoms with Gasteiger partial charge in [-0.05, 0) is 24.1 Å². The van der Waals surface area contributed by atoms with Gasteiger partial charge in [-0.1, -0.05) is 47.6 Å². The van der Waals surface area contributed by atoms with Gasteiger partial charge in [-0.3, -0.25) is 9.69 Å². The van der Waals surface area contributed by atoms with E-state index in [4.69, 9.17) is 4.52 Å². The van der Waals surface area contributed by atoms with Crippen LogP contribution in [0.15, 0.2) is 59.1 Å². The molecule has 3 aromatic rings. The Morgan fingerprint density at radius 2 is 1.96 bits per heavy atom. The number of carbonyl (C=O) groups excluding carboxylic acids is 1. The summed E-state index contributed by atoms with van der Waals surface area (Å²) in [6.07, 6.45) is 0.121. The molecular formula is C21H22N4O3. The first kappa shape index (κ1) is 18.3. The highest BCUT2D eigenvalue weighted by Gasteiger charge is 2.35. The van der Waals surface area contributed by atoms with E-state index >= 15 is 0 Å². The maximum Gasteiger partial charge on any atom is 0.244 e. The van der Waals surface area contributed by atoms with Gasteiger partial charge >= 0.3 is 0 Å². The molecule has 1 aromatic heterocycles. The molecule has 0 bridgehead atoms. The van der Waals surface area contributed by atoms with E-state index in [1.54, 1.807) is 0 Å². The van der Waals surface area contributed by atoms with Gasteiger partial charge in [-0.25, -0.2) is 0 Å². The van der Waals surface area contributed by atoms with E-state index in [-0.39, 0.29) is 11.9 Å². The first-order valence-electron chi connectivity index (χ1n) is 9.26. The van der Waals surface area contributed by atoms with Gasteiger partial charge in [-0.2, -0.15) is 4.98 Å². The first-order valence-corrected chi connectivity index (χ1v) is 9.26. The zero-order valence-corrected chi connectivity index (χ0v) is 15.6. The summed E-state index contributed by atoms with van der Waals surface area (Å²) >= 11 is 0. The maximum atomic E-state index is 11.1. The molecule has 1 amide bonds. The van der Waals surface area contributed by atoms with E-state index in [2.05, 4.69) is 20.4 Å². The smallest absolute Gasteiger partial charge is 0.244 e. The van der Waals surface area contributed by atoms with Crippen molar-refractivity contribution in [1.29, 1.82) is 0 Å². The predicted molar refractivity (Wildman–Crippen MR) is 104 cm³/mol. The number of hydrogen-bond acceptors (Lipinski definition) is 6. The summed E-state index contributed by atoms with van der Waals surface area (Å²) in [6.45, 7) is 2.67. The van der Waals surface area contributed by atoms with Crippen LogP contribution in [0.1, 0.15) is 30.8 Å². The molecule has 1 aliphatic rings. The monoisotopic (exact) mass is 378 g/mol. The van der Waals surface area contributed by atoms with Crippen LogP contribution < -0.4 is 5.32 Å². The van der Waals surface area contributed by atoms with Crippen LogP contribution in [0.25, 0.3) is 11.4 Å². The largest absolute Gasteiger partial charge is 0.392 e. The van der Waals surface area contributed by atoms with Gasteiger partial charge in [0.2, 0.25) is 17.6 Å². The molecule has 0 spiro atoms. The van der Waals surface area contributed by atoms with Gasteiger partial charge in [0.25, 0.3) is 0 Å². The Kier molecular flexibility index (Phi) is 5.18. The molecule has 0 unspecified atom stereocenters. The van der Waals surface area contributed by atoms with Gasteiger partial charge in [0.1, 0.15) is 0 Å². The molecule has 2 atom stereocenters. The average Bonchev–Trinajstić information content (AvgIpc) is 3.30. The van der Waals surface area contributed by atoms with Crippen molar-refractivity contribution in [2.24, 2.45) is 0 Å². The number of nitrogens with zero attached hydrogens (tertiary/aromatic N) is 3. The highest BCUT2D eigenvalue weighted by atomic mass is 16.5. The van der Waals surface area contributed by atoms with Crippen LogP contribution >= 0.6 is 0 Å². The molecule has 4 rings (SSSR count). The molecule has 0 radical (unpaired) electrons. The number of aliphatic hydroxyl groups is 1. The van der Waals surface area contributed by atoms with Crippen LogP contribution in [0.5, 0.6) is 0 Å². The number of likely N-dealkylation sites (tertiary alicyclic amines) is 1. The second-order valence-electron chi connectivity index (χ2n) is 7.04. The summed E-state index contributed by atoms with van der Waals surface area (Å²) in [5.74, 6) is 0.975. The lowest BCUT2D eigenvalue weighted by Crippen LogP contribution is -2.24. The molecule has 1 aliphatic heterocycles. The lowest BCUT2D eigenvalue weighted by atomic mass is 10.1. The number of benzene rings is 2. The summed E-state index contributed by atoms with van der Waals surface area (Å²) < 4.78 is 5.52. The van der Waals surface area contributed by atoms with Gasteiger partial charge in [0.05, 0.1) is 12.1 Å². The molecule has 2 heterocycles. The summed E-state index contributed by atoms with van der Waals surface area (Å²) in [5.41, 5.74) is 2.74. The zero-order valence-electron chi connectivity index (χ0n) is 15.6. The molecule has 7 heteroatoms. The van der Waals surface area contributed by atoms with Gasteiger partial charge in [-0.15, -0.1) is 0 Å². The molecule has 1 fully saturated rings. The summed E-state index contributed by atoms with van der Waals surface area (Å²) in [6, 6.07) is 17.2. The summed E-state index contributed by atoms with van der Waals surface area (Å²) in [5, 5.41) is 17.1. The number of carbonyl (C=O) groups is 1. The maximum absolute atomic E-state index is 11.1. The lowest BCUT2D eigenvalue weighted by molar-refractivity contribution is -0.114. The fourth-order valence-corrected chi connectivity index (χ4v) is 3.52. The molecule has 7 nitrogen and oxygen atoms in total. The topological polar surface area (TPSA) is 91.5 Å². The third-order valence-electron chi connectivity index (χ3n) is 4.80. The van der Waals surface area contributed by atoms with Crippen LogP contribution in [-0.4, -0.2) is 38.7 Å². The summed E-state index contributed by atoms with van der Waals surface area (Å²) in [4.78, 5) is 17.8.